The van der Waals surface area contributed by atoms with Crippen LogP contribution in [-0.4, -0.2) is 23.7 Å². The number of benzene rings is 2. The van der Waals surface area contributed by atoms with E-state index in [1.807, 2.05) is 0 Å². The van der Waals surface area contributed by atoms with E-state index >= 15 is 0 Å². The van der Waals surface area contributed by atoms with Crippen LogP contribution in [0, 0.1) is 0 Å². The van der Waals surface area contributed by atoms with Crippen LogP contribution in [0.5, 0.6) is 5.75 Å². The van der Waals surface area contributed by atoms with Crippen LogP contribution >= 0.6 is 10.7 Å². The lowest BCUT2D eigenvalue weighted by Crippen LogP contribution is -2.15. The highest BCUT2D eigenvalue weighted by Gasteiger charge is 2.24. The molecule has 124 valence electrons. The highest BCUT2D eigenvalue weighted by Crippen LogP contribution is 2.35. The maximum atomic E-state index is 12.5. The molecule has 0 heterocycles. The number of hydrogen-bond acceptors (Lipinski definition) is 5. The average molecular weight is 380 g/mol. The Kier molecular flexibility index (Phi) is 5.12. The van der Waals surface area contributed by atoms with Crippen LogP contribution in [0.4, 0.5) is 10.1 Å². The molecule has 6 nitrogen and oxygen atoms in total. The van der Waals surface area contributed by atoms with E-state index in [0.717, 1.165) is 6.07 Å². The zero-order valence-corrected chi connectivity index (χ0v) is 13.8. The summed E-state index contributed by atoms with van der Waals surface area (Å²) in [5.74, 6) is -0.297. The molecule has 0 atom stereocenters. The summed E-state index contributed by atoms with van der Waals surface area (Å²) in [4.78, 5) is -0.641. The smallest absolute Gasteiger partial charge is 0.263 e. The van der Waals surface area contributed by atoms with Crippen molar-refractivity contribution in [3.63, 3.8) is 0 Å². The second kappa shape index (κ2) is 6.73. The van der Waals surface area contributed by atoms with E-state index in [2.05, 4.69) is 9.46 Å². The van der Waals surface area contributed by atoms with Crippen molar-refractivity contribution < 1.29 is 26.0 Å². The van der Waals surface area contributed by atoms with Gasteiger partial charge in [0.2, 0.25) is 6.86 Å². The first-order valence-corrected chi connectivity index (χ1v) is 9.89. The first-order chi connectivity index (χ1) is 10.8. The number of halogens is 2. The lowest BCUT2D eigenvalue weighted by Gasteiger charge is -2.14. The number of para-hydroxylation sites is 1. The molecule has 0 saturated carbocycles. The molecule has 23 heavy (non-hydrogen) atoms. The topological polar surface area (TPSA) is 89.5 Å². The summed E-state index contributed by atoms with van der Waals surface area (Å²) in [5.41, 5.74) is -0.455. The number of anilines is 1. The quantitative estimate of drug-likeness (QED) is 0.779. The zero-order chi connectivity index (χ0) is 17.1. The Labute approximate surface area is 137 Å². The minimum atomic E-state index is -4.29. The van der Waals surface area contributed by atoms with Crippen LogP contribution < -0.4 is 9.46 Å². The second-order valence-corrected chi connectivity index (χ2v) is 8.46. The highest BCUT2D eigenvalue weighted by molar-refractivity contribution is 8.14. The van der Waals surface area contributed by atoms with E-state index in [1.165, 1.54) is 36.4 Å². The van der Waals surface area contributed by atoms with Gasteiger partial charge in [0.1, 0.15) is 16.3 Å². The number of sulfonamides is 1. The number of hydrogen-bond donors (Lipinski definition) is 1. The van der Waals surface area contributed by atoms with Gasteiger partial charge in [-0.3, -0.25) is 4.72 Å². The zero-order valence-electron chi connectivity index (χ0n) is 11.4. The van der Waals surface area contributed by atoms with Gasteiger partial charge in [-0.2, -0.15) is 0 Å². The molecular weight excluding hydrogens is 369 g/mol. The molecule has 0 spiro atoms. The molecule has 0 aromatic heterocycles. The number of alkyl halides is 1. The minimum Gasteiger partial charge on any atom is -0.461 e. The summed E-state index contributed by atoms with van der Waals surface area (Å²) < 4.78 is 67.1. The molecule has 2 aromatic carbocycles. The van der Waals surface area contributed by atoms with Crippen molar-refractivity contribution >= 4 is 35.4 Å². The molecule has 2 rings (SSSR count). The van der Waals surface area contributed by atoms with Crippen molar-refractivity contribution in [1.29, 1.82) is 0 Å². The molecular formula is C13H11ClFNO5S2. The Morgan fingerprint density at radius 1 is 1.00 bits per heavy atom. The molecule has 0 unspecified atom stereocenters. The summed E-state index contributed by atoms with van der Waals surface area (Å²) in [6, 6.07) is 10.8. The molecule has 0 aliphatic carbocycles. The fourth-order valence-electron chi connectivity index (χ4n) is 1.79. The molecule has 0 aliphatic rings. The van der Waals surface area contributed by atoms with Crippen molar-refractivity contribution in [2.45, 2.75) is 9.79 Å². The van der Waals surface area contributed by atoms with Gasteiger partial charge in [0, 0.05) is 10.7 Å². The van der Waals surface area contributed by atoms with Gasteiger partial charge in [-0.25, -0.2) is 21.2 Å². The van der Waals surface area contributed by atoms with Gasteiger partial charge in [0.15, 0.2) is 0 Å². The van der Waals surface area contributed by atoms with Crippen molar-refractivity contribution in [2.24, 2.45) is 0 Å². The Morgan fingerprint density at radius 3 is 2.22 bits per heavy atom. The third-order valence-corrected chi connectivity index (χ3v) is 5.48. The van der Waals surface area contributed by atoms with Gasteiger partial charge >= 0.3 is 0 Å². The van der Waals surface area contributed by atoms with E-state index < -0.39 is 36.5 Å². The third-order valence-electron chi connectivity index (χ3n) is 2.75. The largest absolute Gasteiger partial charge is 0.461 e. The van der Waals surface area contributed by atoms with Gasteiger partial charge in [-0.05, 0) is 24.3 Å². The van der Waals surface area contributed by atoms with Crippen LogP contribution in [0.3, 0.4) is 0 Å². The molecule has 0 aliphatic heterocycles. The van der Waals surface area contributed by atoms with Crippen LogP contribution in [0.2, 0.25) is 0 Å². The lowest BCUT2D eigenvalue weighted by molar-refractivity contribution is 0.192. The van der Waals surface area contributed by atoms with E-state index in [4.69, 9.17) is 10.7 Å². The first kappa shape index (κ1) is 17.5. The van der Waals surface area contributed by atoms with Gasteiger partial charge in [-0.15, -0.1) is 0 Å². The maximum Gasteiger partial charge on any atom is 0.263 e. The SMILES string of the molecule is O=S(=O)(Cl)c1cccc(OCF)c1NS(=O)(=O)c1ccccc1. The average Bonchev–Trinajstić information content (AvgIpc) is 2.49. The molecule has 0 fully saturated rings. The predicted octanol–water partition coefficient (Wildman–Crippen LogP) is 2.72. The number of rotatable bonds is 6. The summed E-state index contributed by atoms with van der Waals surface area (Å²) in [6.07, 6.45) is 0. The van der Waals surface area contributed by atoms with Crippen LogP contribution in [-0.2, 0) is 19.1 Å². The number of ether oxygens (including phenoxy) is 1. The maximum absolute atomic E-state index is 12.5. The van der Waals surface area contributed by atoms with Crippen molar-refractivity contribution in [1.82, 2.24) is 0 Å². The van der Waals surface area contributed by atoms with Crippen LogP contribution in [0.15, 0.2) is 58.3 Å². The molecule has 0 amide bonds. The van der Waals surface area contributed by atoms with E-state index in [1.54, 1.807) is 6.07 Å². The Balaban J connectivity index is 2.58. The van der Waals surface area contributed by atoms with Crippen molar-refractivity contribution in [3.05, 3.63) is 48.5 Å². The molecule has 1 N–H and O–H groups in total. The van der Waals surface area contributed by atoms with Crippen molar-refractivity contribution in [2.75, 3.05) is 11.6 Å². The Bertz CT molecular complexity index is 901. The molecule has 10 heteroatoms. The standard InChI is InChI=1S/C13H11ClFNO5S2/c14-22(17,18)12-8-4-7-11(21-9-15)13(12)16-23(19,20)10-5-2-1-3-6-10/h1-8,16H,9H2. The monoisotopic (exact) mass is 379 g/mol. The predicted molar refractivity (Wildman–Crippen MR) is 83.3 cm³/mol. The summed E-state index contributed by atoms with van der Waals surface area (Å²) in [7, 11) is -3.10. The third kappa shape index (κ3) is 4.12. The minimum absolute atomic E-state index is 0.104. The first-order valence-electron chi connectivity index (χ1n) is 6.10. The molecule has 0 bridgehead atoms. The van der Waals surface area contributed by atoms with Gasteiger partial charge in [0.25, 0.3) is 19.1 Å². The van der Waals surface area contributed by atoms with Crippen molar-refractivity contribution in [3.8, 4) is 5.75 Å². The summed E-state index contributed by atoms with van der Waals surface area (Å²) in [5, 5.41) is 0. The van der Waals surface area contributed by atoms with E-state index in [-0.39, 0.29) is 10.6 Å². The second-order valence-electron chi connectivity index (χ2n) is 4.24. The Hall–Kier alpha value is -1.84. The summed E-state index contributed by atoms with van der Waals surface area (Å²) >= 11 is 0. The van der Waals surface area contributed by atoms with Gasteiger partial charge < -0.3 is 4.74 Å². The molecule has 0 saturated heterocycles. The van der Waals surface area contributed by atoms with Crippen LogP contribution in [0.1, 0.15) is 0 Å². The van der Waals surface area contributed by atoms with Crippen LogP contribution in [0.25, 0.3) is 0 Å². The fourth-order valence-corrected chi connectivity index (χ4v) is 3.99. The van der Waals surface area contributed by atoms with Gasteiger partial charge in [-0.1, -0.05) is 24.3 Å². The van der Waals surface area contributed by atoms with Gasteiger partial charge in [0.05, 0.1) is 4.90 Å². The fraction of sp³-hybridized carbons (Fsp3) is 0.0769. The summed E-state index contributed by atoms with van der Waals surface area (Å²) in [6.45, 7) is -1.27. The van der Waals surface area contributed by atoms with E-state index in [0.29, 0.717) is 0 Å². The lowest BCUT2D eigenvalue weighted by atomic mass is 10.3. The number of nitrogens with one attached hydrogen (secondary N) is 1. The highest BCUT2D eigenvalue weighted by atomic mass is 35.7. The Morgan fingerprint density at radius 2 is 1.65 bits per heavy atom. The van der Waals surface area contributed by atoms with E-state index in [9.17, 15) is 21.2 Å². The normalized spacial score (nSPS) is 11.9. The molecule has 2 aromatic rings. The molecule has 0 radical (unpaired) electrons.